The lowest BCUT2D eigenvalue weighted by atomic mass is 9.61. The summed E-state index contributed by atoms with van der Waals surface area (Å²) in [7, 11) is 0. The largest absolute Gasteiger partial charge is 0.507 e. The zero-order valence-corrected chi connectivity index (χ0v) is 23.6. The number of phenolic OH excluding ortho intramolecular Hbond substituents is 1. The predicted molar refractivity (Wildman–Crippen MR) is 161 cm³/mol. The highest BCUT2D eigenvalue weighted by Gasteiger charge is 2.44. The molecule has 1 aliphatic heterocycles. The predicted octanol–water partition coefficient (Wildman–Crippen LogP) is 7.84. The van der Waals surface area contributed by atoms with E-state index in [0.29, 0.717) is 22.9 Å². The SMILES string of the molecule is CC1(C)c2ccccc2-[n+]2[c-]n(-c3cccc(Oc4cccc(-c5ccccc5O)n4)c3)c3cccc(c32)C1(C)C. The van der Waals surface area contributed by atoms with Crippen molar-refractivity contribution in [3.8, 4) is 40.0 Å². The van der Waals surface area contributed by atoms with Crippen LogP contribution in [0, 0.1) is 6.33 Å². The van der Waals surface area contributed by atoms with Crippen molar-refractivity contribution in [3.05, 3.63) is 127 Å². The molecule has 41 heavy (non-hydrogen) atoms. The summed E-state index contributed by atoms with van der Waals surface area (Å²) in [5.74, 6) is 1.30. The molecule has 0 spiro atoms. The van der Waals surface area contributed by atoms with Gasteiger partial charge in [0, 0.05) is 11.6 Å². The Bertz CT molecular complexity index is 1950. The number of benzene rings is 4. The minimum atomic E-state index is -0.129. The van der Waals surface area contributed by atoms with Crippen molar-refractivity contribution >= 4 is 11.0 Å². The first-order chi connectivity index (χ1) is 19.8. The quantitative estimate of drug-likeness (QED) is 0.184. The third kappa shape index (κ3) is 3.84. The number of fused-ring (bicyclic) bond motifs is 2. The number of aromatic hydroxyl groups is 1. The first-order valence-electron chi connectivity index (χ1n) is 13.9. The van der Waals surface area contributed by atoms with Crippen molar-refractivity contribution in [1.29, 1.82) is 0 Å². The van der Waals surface area contributed by atoms with E-state index >= 15 is 0 Å². The minimum absolute atomic E-state index is 0.0958. The van der Waals surface area contributed by atoms with Crippen LogP contribution >= 0.6 is 0 Å². The zero-order valence-electron chi connectivity index (χ0n) is 23.6. The molecule has 0 unspecified atom stereocenters. The average Bonchev–Trinajstić information content (AvgIpc) is 3.35. The first kappa shape index (κ1) is 25.1. The molecule has 0 atom stereocenters. The number of imidazole rings is 1. The summed E-state index contributed by atoms with van der Waals surface area (Å²) < 4.78 is 10.6. The van der Waals surface area contributed by atoms with Crippen LogP contribution in [0.1, 0.15) is 38.8 Å². The molecular weight excluding hydrogens is 506 g/mol. The van der Waals surface area contributed by atoms with Crippen LogP contribution in [0.2, 0.25) is 0 Å². The normalized spacial score (nSPS) is 14.8. The lowest BCUT2D eigenvalue weighted by molar-refractivity contribution is -0.573. The maximum absolute atomic E-state index is 10.3. The van der Waals surface area contributed by atoms with Crippen molar-refractivity contribution in [3.63, 3.8) is 0 Å². The molecule has 3 heterocycles. The number of para-hydroxylation sites is 3. The van der Waals surface area contributed by atoms with Gasteiger partial charge in [0.1, 0.15) is 11.5 Å². The standard InChI is InChI=1S/C36H31N3O2/c1-35(2)27-15-6-7-18-30(27)39-23-38(31-19-10-16-28(34(31)39)36(35,3)4)24-12-9-13-25(22-24)41-33-21-11-17-29(37-33)26-14-5-8-20-32(26)40/h5-22,40H,1-4H3. The van der Waals surface area contributed by atoms with E-state index in [1.54, 1.807) is 12.1 Å². The smallest absolute Gasteiger partial charge is 0.269 e. The summed E-state index contributed by atoms with van der Waals surface area (Å²) in [5.41, 5.74) is 8.02. The van der Waals surface area contributed by atoms with E-state index in [1.807, 2.05) is 48.5 Å². The highest BCUT2D eigenvalue weighted by Crippen LogP contribution is 2.48. The first-order valence-corrected chi connectivity index (χ1v) is 13.9. The van der Waals surface area contributed by atoms with Gasteiger partial charge in [-0.2, -0.15) is 0 Å². The maximum atomic E-state index is 10.3. The highest BCUT2D eigenvalue weighted by molar-refractivity contribution is 5.80. The van der Waals surface area contributed by atoms with Gasteiger partial charge in [-0.05, 0) is 64.4 Å². The molecule has 2 aromatic heterocycles. The second-order valence-electron chi connectivity index (χ2n) is 11.7. The van der Waals surface area contributed by atoms with E-state index in [1.165, 1.54) is 16.6 Å². The summed E-state index contributed by atoms with van der Waals surface area (Å²) in [4.78, 5) is 4.65. The summed E-state index contributed by atoms with van der Waals surface area (Å²) in [6.45, 7) is 9.37. The monoisotopic (exact) mass is 537 g/mol. The van der Waals surface area contributed by atoms with Crippen LogP contribution in [0.3, 0.4) is 0 Å². The van der Waals surface area contributed by atoms with E-state index in [2.05, 4.69) is 96.7 Å². The second-order valence-corrected chi connectivity index (χ2v) is 11.7. The van der Waals surface area contributed by atoms with E-state index in [9.17, 15) is 5.11 Å². The molecule has 0 saturated carbocycles. The molecule has 202 valence electrons. The van der Waals surface area contributed by atoms with Gasteiger partial charge in [-0.3, -0.25) is 9.13 Å². The molecule has 0 aliphatic carbocycles. The Balaban J connectivity index is 1.34. The maximum Gasteiger partial charge on any atom is 0.269 e. The molecule has 0 saturated heterocycles. The number of nitrogens with zero attached hydrogens (tertiary/aromatic N) is 3. The third-order valence-corrected chi connectivity index (χ3v) is 8.94. The van der Waals surface area contributed by atoms with Gasteiger partial charge in [-0.25, -0.2) is 4.98 Å². The van der Waals surface area contributed by atoms with Crippen molar-refractivity contribution in [2.75, 3.05) is 0 Å². The Labute approximate surface area is 240 Å². The van der Waals surface area contributed by atoms with Crippen LogP contribution in [-0.2, 0) is 10.8 Å². The molecule has 5 heteroatoms. The van der Waals surface area contributed by atoms with Crippen molar-refractivity contribution in [2.45, 2.75) is 38.5 Å². The van der Waals surface area contributed by atoms with Crippen molar-refractivity contribution < 1.29 is 14.4 Å². The summed E-state index contributed by atoms with van der Waals surface area (Å²) in [5, 5.41) is 10.3. The van der Waals surface area contributed by atoms with Crippen LogP contribution in [-0.4, -0.2) is 14.7 Å². The van der Waals surface area contributed by atoms with E-state index < -0.39 is 0 Å². The highest BCUT2D eigenvalue weighted by atomic mass is 16.5. The molecule has 0 radical (unpaired) electrons. The molecule has 5 nitrogen and oxygen atoms in total. The van der Waals surface area contributed by atoms with Gasteiger partial charge >= 0.3 is 0 Å². The number of rotatable bonds is 4. The van der Waals surface area contributed by atoms with Crippen LogP contribution < -0.4 is 9.30 Å². The van der Waals surface area contributed by atoms with E-state index in [-0.39, 0.29) is 16.6 Å². The molecule has 4 aromatic carbocycles. The summed E-state index contributed by atoms with van der Waals surface area (Å²) >= 11 is 0. The fourth-order valence-corrected chi connectivity index (χ4v) is 6.02. The molecule has 0 fully saturated rings. The number of phenols is 1. The molecule has 0 bridgehead atoms. The Morgan fingerprint density at radius 3 is 2.32 bits per heavy atom. The lowest BCUT2D eigenvalue weighted by Crippen LogP contribution is -2.40. The van der Waals surface area contributed by atoms with Crippen LogP contribution in [0.5, 0.6) is 17.4 Å². The number of ether oxygens (including phenoxy) is 1. The topological polar surface area (TPSA) is 51.2 Å². The average molecular weight is 538 g/mol. The van der Waals surface area contributed by atoms with Gasteiger partial charge in [-0.1, -0.05) is 88.4 Å². The van der Waals surface area contributed by atoms with E-state index in [0.717, 1.165) is 16.9 Å². The van der Waals surface area contributed by atoms with Gasteiger partial charge in [-0.15, -0.1) is 0 Å². The van der Waals surface area contributed by atoms with Gasteiger partial charge < -0.3 is 9.84 Å². The van der Waals surface area contributed by atoms with Gasteiger partial charge in [0.05, 0.1) is 28.1 Å². The Morgan fingerprint density at radius 1 is 0.756 bits per heavy atom. The fourth-order valence-electron chi connectivity index (χ4n) is 6.02. The molecule has 7 rings (SSSR count). The second kappa shape index (κ2) is 9.07. The zero-order chi connectivity index (χ0) is 28.4. The number of hydrogen-bond donors (Lipinski definition) is 1. The summed E-state index contributed by atoms with van der Waals surface area (Å²) in [6, 6.07) is 36.0. The van der Waals surface area contributed by atoms with Crippen LogP contribution in [0.4, 0.5) is 0 Å². The van der Waals surface area contributed by atoms with Crippen LogP contribution in [0.15, 0.2) is 109 Å². The van der Waals surface area contributed by atoms with Gasteiger partial charge in [0.15, 0.2) is 0 Å². The Hall–Kier alpha value is -4.90. The third-order valence-electron chi connectivity index (χ3n) is 8.94. The van der Waals surface area contributed by atoms with Gasteiger partial charge in [0.2, 0.25) is 5.88 Å². The molecule has 1 N–H and O–H groups in total. The number of aromatic nitrogens is 3. The summed E-state index contributed by atoms with van der Waals surface area (Å²) in [6.07, 6.45) is 3.68. The number of hydrogen-bond acceptors (Lipinski definition) is 3. The van der Waals surface area contributed by atoms with Crippen LogP contribution in [0.25, 0.3) is 33.7 Å². The molecular formula is C36H31N3O2. The Kier molecular flexibility index (Phi) is 5.55. The minimum Gasteiger partial charge on any atom is -0.507 e. The van der Waals surface area contributed by atoms with E-state index in [4.69, 9.17) is 4.74 Å². The fraction of sp³-hybridized carbons (Fsp3) is 0.167. The van der Waals surface area contributed by atoms with Crippen molar-refractivity contribution in [2.24, 2.45) is 0 Å². The molecule has 1 aliphatic rings. The number of pyridine rings is 1. The lowest BCUT2D eigenvalue weighted by Gasteiger charge is -2.42. The van der Waals surface area contributed by atoms with Gasteiger partial charge in [0.25, 0.3) is 6.33 Å². The molecule has 6 aromatic rings. The van der Waals surface area contributed by atoms with Crippen molar-refractivity contribution in [1.82, 2.24) is 9.55 Å². The Morgan fingerprint density at radius 2 is 1.46 bits per heavy atom. The molecule has 0 amide bonds.